The number of rotatable bonds is 5. The van der Waals surface area contributed by atoms with Gasteiger partial charge >= 0.3 is 6.03 Å². The normalized spacial score (nSPS) is 12.5. The van der Waals surface area contributed by atoms with Gasteiger partial charge in [-0.05, 0) is 47.9 Å². The van der Waals surface area contributed by atoms with Crippen LogP contribution in [0, 0.1) is 5.41 Å². The van der Waals surface area contributed by atoms with Gasteiger partial charge in [-0.2, -0.15) is 0 Å². The fourth-order valence-electron chi connectivity index (χ4n) is 2.47. The molecule has 1 atom stereocenters. The standard InChI is InChI=1S/C19H25N3OS/c1-19(2,3)12-17(14-7-6-10-20-13-14)22-18(23)21-15-8-5-9-16(11-15)24-4/h5-11,13,17H,12H2,1-4H3,(H2,21,22,23). The Morgan fingerprint density at radius 3 is 2.67 bits per heavy atom. The summed E-state index contributed by atoms with van der Waals surface area (Å²) in [6, 6.07) is 11.4. The fourth-order valence-corrected chi connectivity index (χ4v) is 2.93. The predicted molar refractivity (Wildman–Crippen MR) is 101 cm³/mol. The Hall–Kier alpha value is -2.01. The molecule has 24 heavy (non-hydrogen) atoms. The van der Waals surface area contributed by atoms with E-state index in [1.807, 2.05) is 48.9 Å². The maximum Gasteiger partial charge on any atom is 0.319 e. The number of aromatic nitrogens is 1. The molecule has 1 heterocycles. The molecule has 1 aromatic heterocycles. The Labute approximate surface area is 148 Å². The second-order valence-corrected chi connectivity index (χ2v) is 7.81. The number of thioether (sulfide) groups is 1. The number of hydrogen-bond acceptors (Lipinski definition) is 3. The lowest BCUT2D eigenvalue weighted by Gasteiger charge is -2.27. The molecule has 2 N–H and O–H groups in total. The Kier molecular flexibility index (Phi) is 6.26. The van der Waals surface area contributed by atoms with Crippen LogP contribution in [-0.2, 0) is 0 Å². The molecule has 1 aromatic carbocycles. The van der Waals surface area contributed by atoms with Crippen LogP contribution < -0.4 is 10.6 Å². The van der Waals surface area contributed by atoms with E-state index in [-0.39, 0.29) is 17.5 Å². The number of anilines is 1. The summed E-state index contributed by atoms with van der Waals surface area (Å²) in [7, 11) is 0. The molecule has 0 aliphatic carbocycles. The van der Waals surface area contributed by atoms with Gasteiger partial charge in [-0.25, -0.2) is 4.79 Å². The summed E-state index contributed by atoms with van der Waals surface area (Å²) in [6.07, 6.45) is 6.40. The molecule has 2 rings (SSSR count). The van der Waals surface area contributed by atoms with Crippen molar-refractivity contribution in [1.29, 1.82) is 0 Å². The summed E-state index contributed by atoms with van der Waals surface area (Å²) < 4.78 is 0. The zero-order chi connectivity index (χ0) is 17.6. The van der Waals surface area contributed by atoms with Crippen LogP contribution in [-0.4, -0.2) is 17.3 Å². The van der Waals surface area contributed by atoms with Crippen molar-refractivity contribution >= 4 is 23.5 Å². The molecular weight excluding hydrogens is 318 g/mol. The molecule has 2 amide bonds. The van der Waals surface area contributed by atoms with E-state index >= 15 is 0 Å². The number of pyridine rings is 1. The lowest BCUT2D eigenvalue weighted by molar-refractivity contribution is 0.241. The van der Waals surface area contributed by atoms with Gasteiger partial charge in [-0.3, -0.25) is 4.98 Å². The van der Waals surface area contributed by atoms with Gasteiger partial charge in [0.2, 0.25) is 0 Å². The van der Waals surface area contributed by atoms with Gasteiger partial charge in [0, 0.05) is 23.0 Å². The Balaban J connectivity index is 2.09. The second kappa shape index (κ2) is 8.20. The van der Waals surface area contributed by atoms with Crippen LogP contribution in [0.15, 0.2) is 53.7 Å². The number of nitrogens with one attached hydrogen (secondary N) is 2. The van der Waals surface area contributed by atoms with E-state index in [1.165, 1.54) is 0 Å². The first-order chi connectivity index (χ1) is 11.4. The molecule has 0 aliphatic rings. The molecule has 2 aromatic rings. The second-order valence-electron chi connectivity index (χ2n) is 6.93. The van der Waals surface area contributed by atoms with E-state index in [0.717, 1.165) is 22.6 Å². The highest BCUT2D eigenvalue weighted by atomic mass is 32.2. The third-order valence-electron chi connectivity index (χ3n) is 3.54. The van der Waals surface area contributed by atoms with Crippen molar-refractivity contribution in [3.8, 4) is 0 Å². The average molecular weight is 343 g/mol. The topological polar surface area (TPSA) is 54.0 Å². The molecule has 0 saturated carbocycles. The highest BCUT2D eigenvalue weighted by Gasteiger charge is 2.22. The summed E-state index contributed by atoms with van der Waals surface area (Å²) in [5.41, 5.74) is 1.90. The molecule has 128 valence electrons. The van der Waals surface area contributed by atoms with Crippen LogP contribution in [0.25, 0.3) is 0 Å². The van der Waals surface area contributed by atoms with Gasteiger partial charge in [0.05, 0.1) is 6.04 Å². The van der Waals surface area contributed by atoms with Crippen LogP contribution in [0.2, 0.25) is 0 Å². The SMILES string of the molecule is CSc1cccc(NC(=O)NC(CC(C)(C)C)c2cccnc2)c1. The molecule has 1 unspecified atom stereocenters. The van der Waals surface area contributed by atoms with Gasteiger partial charge in [0.1, 0.15) is 0 Å². The van der Waals surface area contributed by atoms with Gasteiger partial charge in [0.25, 0.3) is 0 Å². The minimum absolute atomic E-state index is 0.0811. The molecule has 5 heteroatoms. The van der Waals surface area contributed by atoms with Gasteiger partial charge < -0.3 is 10.6 Å². The first-order valence-corrected chi connectivity index (χ1v) is 9.21. The highest BCUT2D eigenvalue weighted by molar-refractivity contribution is 7.98. The van der Waals surface area contributed by atoms with Gasteiger partial charge in [0.15, 0.2) is 0 Å². The summed E-state index contributed by atoms with van der Waals surface area (Å²) in [5.74, 6) is 0. The van der Waals surface area contributed by atoms with Crippen molar-refractivity contribution in [2.75, 3.05) is 11.6 Å². The third-order valence-corrected chi connectivity index (χ3v) is 4.26. The fraction of sp³-hybridized carbons (Fsp3) is 0.368. The summed E-state index contributed by atoms with van der Waals surface area (Å²) in [4.78, 5) is 17.7. The lowest BCUT2D eigenvalue weighted by Crippen LogP contribution is -2.34. The van der Waals surface area contributed by atoms with E-state index in [4.69, 9.17) is 0 Å². The molecule has 4 nitrogen and oxygen atoms in total. The summed E-state index contributed by atoms with van der Waals surface area (Å²) in [5, 5.41) is 6.00. The molecule has 0 saturated heterocycles. The number of benzene rings is 1. The molecular formula is C19H25N3OS. The largest absolute Gasteiger partial charge is 0.331 e. The van der Waals surface area contributed by atoms with Crippen LogP contribution in [0.5, 0.6) is 0 Å². The van der Waals surface area contributed by atoms with Crippen LogP contribution in [0.4, 0.5) is 10.5 Å². The average Bonchev–Trinajstić information content (AvgIpc) is 2.54. The van der Waals surface area contributed by atoms with Crippen LogP contribution in [0.1, 0.15) is 38.8 Å². The molecule has 0 aliphatic heterocycles. The molecule has 0 spiro atoms. The highest BCUT2D eigenvalue weighted by Crippen LogP contribution is 2.29. The Morgan fingerprint density at radius 1 is 1.25 bits per heavy atom. The summed E-state index contributed by atoms with van der Waals surface area (Å²) in [6.45, 7) is 6.49. The smallest absolute Gasteiger partial charge is 0.319 e. The Bertz CT molecular complexity index is 668. The van der Waals surface area contributed by atoms with E-state index in [0.29, 0.717) is 0 Å². The number of carbonyl (C=O) groups excluding carboxylic acids is 1. The number of carbonyl (C=O) groups is 1. The predicted octanol–water partition coefficient (Wildman–Crippen LogP) is 5.10. The van der Waals surface area contributed by atoms with Crippen LogP contribution in [0.3, 0.4) is 0 Å². The zero-order valence-corrected chi connectivity index (χ0v) is 15.5. The van der Waals surface area contributed by atoms with Crippen molar-refractivity contribution in [2.45, 2.75) is 38.1 Å². The number of urea groups is 1. The Morgan fingerprint density at radius 2 is 2.04 bits per heavy atom. The third kappa shape index (κ3) is 5.89. The monoisotopic (exact) mass is 343 g/mol. The molecule has 0 fully saturated rings. The maximum absolute atomic E-state index is 12.4. The minimum atomic E-state index is -0.202. The number of nitrogens with zero attached hydrogens (tertiary/aromatic N) is 1. The summed E-state index contributed by atoms with van der Waals surface area (Å²) >= 11 is 1.65. The minimum Gasteiger partial charge on any atom is -0.331 e. The van der Waals surface area contributed by atoms with E-state index < -0.39 is 0 Å². The van der Waals surface area contributed by atoms with Crippen molar-refractivity contribution in [1.82, 2.24) is 10.3 Å². The van der Waals surface area contributed by atoms with E-state index in [2.05, 4.69) is 36.4 Å². The van der Waals surface area contributed by atoms with Crippen molar-refractivity contribution in [3.63, 3.8) is 0 Å². The quantitative estimate of drug-likeness (QED) is 0.742. The van der Waals surface area contributed by atoms with Crippen molar-refractivity contribution < 1.29 is 4.79 Å². The van der Waals surface area contributed by atoms with E-state index in [9.17, 15) is 4.79 Å². The van der Waals surface area contributed by atoms with Gasteiger partial charge in [-0.15, -0.1) is 11.8 Å². The first-order valence-electron chi connectivity index (χ1n) is 7.99. The number of amides is 2. The zero-order valence-electron chi connectivity index (χ0n) is 14.7. The van der Waals surface area contributed by atoms with E-state index in [1.54, 1.807) is 18.0 Å². The molecule has 0 bridgehead atoms. The van der Waals surface area contributed by atoms with Crippen LogP contribution >= 0.6 is 11.8 Å². The first kappa shape index (κ1) is 18.3. The van der Waals surface area contributed by atoms with Crippen molar-refractivity contribution in [3.05, 3.63) is 54.4 Å². The van der Waals surface area contributed by atoms with Gasteiger partial charge in [-0.1, -0.05) is 32.9 Å². The maximum atomic E-state index is 12.4. The molecule has 0 radical (unpaired) electrons. The lowest BCUT2D eigenvalue weighted by atomic mass is 9.86. The number of hydrogen-bond donors (Lipinski definition) is 2. The van der Waals surface area contributed by atoms with Crippen molar-refractivity contribution in [2.24, 2.45) is 5.41 Å².